The molecule has 0 bridgehead atoms. The van der Waals surface area contributed by atoms with E-state index in [1.54, 1.807) is 25.2 Å². The summed E-state index contributed by atoms with van der Waals surface area (Å²) < 4.78 is 25.3. The largest absolute Gasteiger partial charge is 0.299 e. The number of nitrogens with zero attached hydrogens (tertiary/aromatic N) is 1. The average molecular weight is 380 g/mol. The molecule has 1 aliphatic carbocycles. The van der Waals surface area contributed by atoms with Crippen molar-refractivity contribution in [1.82, 2.24) is 4.98 Å². The lowest BCUT2D eigenvalue weighted by atomic mass is 9.79. The third-order valence-corrected chi connectivity index (χ3v) is 8.43. The van der Waals surface area contributed by atoms with E-state index in [0.717, 1.165) is 41.5 Å². The Bertz CT molecular complexity index is 846. The number of Topliss-reactive ketones (excluding diaryl/α,β-unsaturated/α-hetero) is 1. The number of carbonyl (C=O) groups is 1. The van der Waals surface area contributed by atoms with Crippen LogP contribution in [0, 0.1) is 11.8 Å². The summed E-state index contributed by atoms with van der Waals surface area (Å²) >= 11 is 1.59. The van der Waals surface area contributed by atoms with Crippen LogP contribution in [0.25, 0.3) is 10.2 Å². The number of carbonyl (C=O) groups excluding carboxylic acids is 1. The van der Waals surface area contributed by atoms with Gasteiger partial charge in [-0.25, -0.2) is 13.4 Å². The fraction of sp³-hybridized carbons (Fsp3) is 0.579. The molecular formula is C19H25NO3S2. The topological polar surface area (TPSA) is 64.1 Å². The van der Waals surface area contributed by atoms with Crippen LogP contribution in [0.4, 0.5) is 0 Å². The zero-order valence-electron chi connectivity index (χ0n) is 14.8. The van der Waals surface area contributed by atoms with Gasteiger partial charge >= 0.3 is 0 Å². The Morgan fingerprint density at radius 2 is 1.96 bits per heavy atom. The molecule has 4 nitrogen and oxygen atoms in total. The van der Waals surface area contributed by atoms with Crippen molar-refractivity contribution in [2.45, 2.75) is 51.2 Å². The van der Waals surface area contributed by atoms with E-state index in [4.69, 9.17) is 0 Å². The van der Waals surface area contributed by atoms with Gasteiger partial charge < -0.3 is 0 Å². The molecule has 1 aromatic heterocycles. The smallest absolute Gasteiger partial charge is 0.152 e. The van der Waals surface area contributed by atoms with Crippen molar-refractivity contribution >= 4 is 37.2 Å². The first-order valence-electron chi connectivity index (χ1n) is 8.91. The highest BCUT2D eigenvalue weighted by molar-refractivity contribution is 7.91. The number of ketones is 1. The zero-order chi connectivity index (χ0) is 18.0. The predicted octanol–water partition coefficient (Wildman–Crippen LogP) is 4.04. The van der Waals surface area contributed by atoms with E-state index >= 15 is 0 Å². The van der Waals surface area contributed by atoms with Gasteiger partial charge in [-0.15, -0.1) is 11.3 Å². The molecule has 1 heterocycles. The van der Waals surface area contributed by atoms with Crippen LogP contribution >= 0.6 is 11.3 Å². The first-order valence-corrected chi connectivity index (χ1v) is 11.5. The highest BCUT2D eigenvalue weighted by atomic mass is 32.2. The molecule has 0 atom stereocenters. The Morgan fingerprint density at radius 1 is 1.24 bits per heavy atom. The van der Waals surface area contributed by atoms with Gasteiger partial charge in [0, 0.05) is 12.3 Å². The van der Waals surface area contributed by atoms with E-state index in [1.165, 1.54) is 0 Å². The molecule has 136 valence electrons. The van der Waals surface area contributed by atoms with Crippen LogP contribution < -0.4 is 0 Å². The van der Waals surface area contributed by atoms with Crippen molar-refractivity contribution in [2.24, 2.45) is 11.8 Å². The van der Waals surface area contributed by atoms with E-state index < -0.39 is 9.84 Å². The molecule has 0 spiro atoms. The SMILES string of the molecule is CC(C)S(=O)(=O)CC1CCC(C(=O)Cc2ccc3ncsc3c2)CC1. The summed E-state index contributed by atoms with van der Waals surface area (Å²) in [4.78, 5) is 16.9. The van der Waals surface area contributed by atoms with Crippen molar-refractivity contribution < 1.29 is 13.2 Å². The van der Waals surface area contributed by atoms with Crippen molar-refractivity contribution in [1.29, 1.82) is 0 Å². The summed E-state index contributed by atoms with van der Waals surface area (Å²) in [6, 6.07) is 6.02. The Hall–Kier alpha value is -1.27. The molecular weight excluding hydrogens is 354 g/mol. The highest BCUT2D eigenvalue weighted by Gasteiger charge is 2.29. The van der Waals surface area contributed by atoms with Gasteiger partial charge in [-0.1, -0.05) is 6.07 Å². The lowest BCUT2D eigenvalue weighted by molar-refractivity contribution is -0.123. The average Bonchev–Trinajstić information content (AvgIpc) is 3.02. The Labute approximate surface area is 153 Å². The number of hydrogen-bond donors (Lipinski definition) is 0. The molecule has 0 radical (unpaired) electrons. The van der Waals surface area contributed by atoms with Crippen LogP contribution in [0.2, 0.25) is 0 Å². The van der Waals surface area contributed by atoms with Gasteiger partial charge in [-0.3, -0.25) is 4.79 Å². The quantitative estimate of drug-likeness (QED) is 0.760. The minimum absolute atomic E-state index is 0.0789. The standard InChI is InChI=1S/C19H25NO3S2/c1-13(2)25(22,23)11-14-3-6-16(7-4-14)18(21)9-15-5-8-17-19(10-15)24-12-20-17/h5,8,10,12-14,16H,3-4,6-7,9,11H2,1-2H3. The molecule has 1 saturated carbocycles. The van der Waals surface area contributed by atoms with Crippen LogP contribution in [0.1, 0.15) is 45.1 Å². The summed E-state index contributed by atoms with van der Waals surface area (Å²) in [7, 11) is -2.99. The molecule has 6 heteroatoms. The van der Waals surface area contributed by atoms with Crippen LogP contribution in [0.5, 0.6) is 0 Å². The van der Waals surface area contributed by atoms with Crippen molar-refractivity contribution in [2.75, 3.05) is 5.75 Å². The molecule has 0 N–H and O–H groups in total. The van der Waals surface area contributed by atoms with Crippen LogP contribution in [0.3, 0.4) is 0 Å². The summed E-state index contributed by atoms with van der Waals surface area (Å²) in [5, 5.41) is -0.312. The van der Waals surface area contributed by atoms with Gasteiger partial charge in [0.25, 0.3) is 0 Å². The van der Waals surface area contributed by atoms with Gasteiger partial charge in [-0.2, -0.15) is 0 Å². The van der Waals surface area contributed by atoms with Crippen LogP contribution in [0.15, 0.2) is 23.7 Å². The van der Waals surface area contributed by atoms with Crippen molar-refractivity contribution in [3.8, 4) is 0 Å². The number of thiazole rings is 1. The first kappa shape index (κ1) is 18.5. The molecule has 0 aliphatic heterocycles. The van der Waals surface area contributed by atoms with Gasteiger partial charge in [0.2, 0.25) is 0 Å². The van der Waals surface area contributed by atoms with Crippen molar-refractivity contribution in [3.05, 3.63) is 29.3 Å². The number of sulfone groups is 1. The lowest BCUT2D eigenvalue weighted by Crippen LogP contribution is -2.29. The molecule has 1 aliphatic rings. The number of hydrogen-bond acceptors (Lipinski definition) is 5. The van der Waals surface area contributed by atoms with E-state index in [2.05, 4.69) is 11.1 Å². The third kappa shape index (κ3) is 4.47. The Morgan fingerprint density at radius 3 is 2.64 bits per heavy atom. The highest BCUT2D eigenvalue weighted by Crippen LogP contribution is 2.32. The molecule has 3 rings (SSSR count). The Kier molecular flexibility index (Phi) is 5.58. The fourth-order valence-corrected chi connectivity index (χ4v) is 5.64. The summed E-state index contributed by atoms with van der Waals surface area (Å²) in [6.07, 6.45) is 3.79. The predicted molar refractivity (Wildman–Crippen MR) is 103 cm³/mol. The molecule has 0 amide bonds. The van der Waals surface area contributed by atoms with Crippen LogP contribution in [-0.2, 0) is 21.1 Å². The fourth-order valence-electron chi connectivity index (χ4n) is 3.53. The van der Waals surface area contributed by atoms with Gasteiger partial charge in [0.1, 0.15) is 5.78 Å². The minimum atomic E-state index is -2.99. The number of benzene rings is 1. The second-order valence-electron chi connectivity index (χ2n) is 7.39. The second-order valence-corrected chi connectivity index (χ2v) is 10.9. The molecule has 1 fully saturated rings. The minimum Gasteiger partial charge on any atom is -0.299 e. The zero-order valence-corrected chi connectivity index (χ0v) is 16.4. The monoisotopic (exact) mass is 379 g/mol. The van der Waals surface area contributed by atoms with Crippen LogP contribution in [-0.4, -0.2) is 30.2 Å². The summed E-state index contributed by atoms with van der Waals surface area (Å²) in [5.41, 5.74) is 3.85. The maximum Gasteiger partial charge on any atom is 0.152 e. The van der Waals surface area contributed by atoms with E-state index in [1.807, 2.05) is 17.6 Å². The molecule has 0 saturated heterocycles. The first-order chi connectivity index (χ1) is 11.8. The third-order valence-electron chi connectivity index (χ3n) is 5.26. The Balaban J connectivity index is 1.54. The van der Waals surface area contributed by atoms with E-state index in [0.29, 0.717) is 6.42 Å². The molecule has 25 heavy (non-hydrogen) atoms. The van der Waals surface area contributed by atoms with Gasteiger partial charge in [0.15, 0.2) is 9.84 Å². The molecule has 2 aromatic rings. The molecule has 0 unspecified atom stereocenters. The van der Waals surface area contributed by atoms with E-state index in [-0.39, 0.29) is 28.6 Å². The number of fused-ring (bicyclic) bond motifs is 1. The lowest BCUT2D eigenvalue weighted by Gasteiger charge is -2.28. The second kappa shape index (κ2) is 7.54. The summed E-state index contributed by atoms with van der Waals surface area (Å²) in [5.74, 6) is 0.849. The molecule has 1 aromatic carbocycles. The maximum absolute atomic E-state index is 12.6. The van der Waals surface area contributed by atoms with E-state index in [9.17, 15) is 13.2 Å². The maximum atomic E-state index is 12.6. The number of rotatable bonds is 6. The normalized spacial score (nSPS) is 21.7. The summed E-state index contributed by atoms with van der Waals surface area (Å²) in [6.45, 7) is 3.48. The van der Waals surface area contributed by atoms with Crippen molar-refractivity contribution in [3.63, 3.8) is 0 Å². The number of aromatic nitrogens is 1. The van der Waals surface area contributed by atoms with Gasteiger partial charge in [0.05, 0.1) is 26.7 Å². The van der Waals surface area contributed by atoms with Gasteiger partial charge in [-0.05, 0) is 63.1 Å².